The smallest absolute Gasteiger partial charge is 0.276 e. The van der Waals surface area contributed by atoms with E-state index < -0.39 is 0 Å². The van der Waals surface area contributed by atoms with Crippen LogP contribution in [-0.4, -0.2) is 17.4 Å². The Hall–Kier alpha value is -1.78. The highest BCUT2D eigenvalue weighted by Crippen LogP contribution is 2.39. The lowest BCUT2D eigenvalue weighted by Crippen LogP contribution is -2.36. The lowest BCUT2D eigenvalue weighted by atomic mass is 9.99. The quantitative estimate of drug-likeness (QED) is 0.818. The van der Waals surface area contributed by atoms with Crippen molar-refractivity contribution in [3.8, 4) is 0 Å². The number of fused-ring (bicyclic) bond motifs is 1. The van der Waals surface area contributed by atoms with Crippen LogP contribution in [0.5, 0.6) is 0 Å². The van der Waals surface area contributed by atoms with Gasteiger partial charge in [-0.1, -0.05) is 12.1 Å². The molecule has 1 aromatic heterocycles. The van der Waals surface area contributed by atoms with Gasteiger partial charge in [0.1, 0.15) is 5.69 Å². The first-order valence-corrected chi connectivity index (χ1v) is 7.89. The van der Waals surface area contributed by atoms with Gasteiger partial charge in [0.05, 0.1) is 0 Å². The minimum Gasteiger partial charge on any atom is -0.398 e. The van der Waals surface area contributed by atoms with Gasteiger partial charge in [0, 0.05) is 24.1 Å². The molecule has 128 valence electrons. The lowest BCUT2D eigenvalue weighted by molar-refractivity contribution is 0.0980. The molecule has 4 nitrogen and oxygen atoms in total. The maximum atomic E-state index is 12.8. The minimum atomic E-state index is -0.0334. The van der Waals surface area contributed by atoms with Gasteiger partial charge in [-0.05, 0) is 60.9 Å². The Bertz CT molecular complexity index is 730. The van der Waals surface area contributed by atoms with Crippen LogP contribution in [-0.2, 0) is 6.42 Å². The van der Waals surface area contributed by atoms with Crippen LogP contribution in [0.25, 0.3) is 0 Å². The fourth-order valence-electron chi connectivity index (χ4n) is 3.19. The predicted octanol–water partition coefficient (Wildman–Crippen LogP) is 3.98. The molecule has 2 aliphatic rings. The molecule has 1 aliphatic heterocycles. The Labute approximate surface area is 154 Å². The molecule has 0 saturated heterocycles. The van der Waals surface area contributed by atoms with E-state index in [9.17, 15) is 4.79 Å². The number of carbonyl (C=O) groups is 1. The first-order chi connectivity index (χ1) is 10.7. The van der Waals surface area contributed by atoms with E-state index >= 15 is 0 Å². The fraction of sp³-hybridized carbons (Fsp3) is 0.333. The molecule has 1 fully saturated rings. The molecule has 2 heterocycles. The van der Waals surface area contributed by atoms with Crippen LogP contribution in [0.15, 0.2) is 36.5 Å². The van der Waals surface area contributed by atoms with E-state index in [0.717, 1.165) is 36.3 Å². The van der Waals surface area contributed by atoms with Crippen molar-refractivity contribution in [1.82, 2.24) is 4.98 Å². The number of benzene rings is 1. The van der Waals surface area contributed by atoms with Crippen LogP contribution in [0.4, 0.5) is 11.4 Å². The zero-order valence-electron chi connectivity index (χ0n) is 13.3. The molecule has 1 aliphatic carbocycles. The van der Waals surface area contributed by atoms with Gasteiger partial charge in [-0.15, -0.1) is 24.8 Å². The maximum absolute atomic E-state index is 12.8. The Balaban J connectivity index is 0.00000104. The third-order valence-corrected chi connectivity index (χ3v) is 4.59. The number of hydrogen-bond acceptors (Lipinski definition) is 3. The van der Waals surface area contributed by atoms with Gasteiger partial charge in [-0.25, -0.2) is 0 Å². The Morgan fingerprint density at radius 3 is 2.62 bits per heavy atom. The summed E-state index contributed by atoms with van der Waals surface area (Å²) in [5, 5.41) is 0. The van der Waals surface area contributed by atoms with Gasteiger partial charge in [0.15, 0.2) is 0 Å². The van der Waals surface area contributed by atoms with Crippen LogP contribution < -0.4 is 10.6 Å². The molecular formula is C18H21Cl2N3O. The van der Waals surface area contributed by atoms with Gasteiger partial charge in [0.25, 0.3) is 5.91 Å². The summed E-state index contributed by atoms with van der Waals surface area (Å²) in [6.45, 7) is 0.724. The number of hydrogen-bond donors (Lipinski definition) is 1. The number of halogens is 2. The maximum Gasteiger partial charge on any atom is 0.276 e. The second-order valence-electron chi connectivity index (χ2n) is 6.16. The molecular weight excluding hydrogens is 345 g/mol. The Morgan fingerprint density at radius 1 is 1.17 bits per heavy atom. The van der Waals surface area contributed by atoms with Gasteiger partial charge in [-0.2, -0.15) is 0 Å². The number of aromatic nitrogens is 1. The molecule has 1 amide bonds. The number of rotatable bonds is 2. The summed E-state index contributed by atoms with van der Waals surface area (Å²) in [6.07, 6.45) is 6.21. The summed E-state index contributed by atoms with van der Waals surface area (Å²) < 4.78 is 0. The summed E-state index contributed by atoms with van der Waals surface area (Å²) in [5.41, 5.74) is 10.6. The van der Waals surface area contributed by atoms with E-state index in [4.69, 9.17) is 5.73 Å². The second kappa shape index (κ2) is 7.41. The first kappa shape index (κ1) is 18.6. The molecule has 6 heteroatoms. The molecule has 2 aromatic rings. The molecule has 24 heavy (non-hydrogen) atoms. The van der Waals surface area contributed by atoms with Crippen molar-refractivity contribution in [2.24, 2.45) is 0 Å². The minimum absolute atomic E-state index is 0. The summed E-state index contributed by atoms with van der Waals surface area (Å²) in [5.74, 6) is 0.626. The number of carbonyl (C=O) groups excluding carboxylic acids is 1. The van der Waals surface area contributed by atoms with Crippen molar-refractivity contribution in [2.45, 2.75) is 31.6 Å². The molecule has 0 spiro atoms. The van der Waals surface area contributed by atoms with Crippen molar-refractivity contribution in [2.75, 3.05) is 17.2 Å². The highest BCUT2D eigenvalue weighted by atomic mass is 35.5. The molecule has 0 unspecified atom stereocenters. The molecule has 1 aromatic carbocycles. The predicted molar refractivity (Wildman–Crippen MR) is 102 cm³/mol. The molecule has 0 bridgehead atoms. The highest BCUT2D eigenvalue weighted by molar-refractivity contribution is 6.05. The Kier molecular flexibility index (Phi) is 5.73. The third-order valence-electron chi connectivity index (χ3n) is 4.59. The molecule has 1 saturated carbocycles. The lowest BCUT2D eigenvalue weighted by Gasteiger charge is -2.30. The highest BCUT2D eigenvalue weighted by Gasteiger charge is 2.27. The average Bonchev–Trinajstić information content (AvgIpc) is 3.39. The van der Waals surface area contributed by atoms with Crippen LogP contribution >= 0.6 is 24.8 Å². The van der Waals surface area contributed by atoms with Crippen LogP contribution in [0.3, 0.4) is 0 Å². The number of nitrogen functional groups attached to an aromatic ring is 1. The number of nitrogens with zero attached hydrogens (tertiary/aromatic N) is 2. The van der Waals surface area contributed by atoms with E-state index in [-0.39, 0.29) is 30.7 Å². The zero-order valence-corrected chi connectivity index (χ0v) is 14.9. The van der Waals surface area contributed by atoms with Crippen LogP contribution in [0.2, 0.25) is 0 Å². The standard InChI is InChI=1S/C18H19N3O.2ClH/c19-15-4-1-5-17-14(15)3-2-10-21(17)18(22)16-9-8-13(11-20-16)12-6-7-12;;/h1,4-5,8-9,11-12H,2-3,6-7,10,19H2;2*1H. The Morgan fingerprint density at radius 2 is 1.96 bits per heavy atom. The van der Waals surface area contributed by atoms with Crippen molar-refractivity contribution in [3.63, 3.8) is 0 Å². The van der Waals surface area contributed by atoms with E-state index in [1.807, 2.05) is 41.4 Å². The SMILES string of the molecule is Cl.Cl.Nc1cccc2c1CCCN2C(=O)c1ccc(C2CC2)cn1. The van der Waals surface area contributed by atoms with E-state index in [1.165, 1.54) is 18.4 Å². The average molecular weight is 366 g/mol. The zero-order chi connectivity index (χ0) is 15.1. The molecule has 0 radical (unpaired) electrons. The van der Waals surface area contributed by atoms with Gasteiger partial charge >= 0.3 is 0 Å². The van der Waals surface area contributed by atoms with Crippen molar-refractivity contribution in [3.05, 3.63) is 53.3 Å². The van der Waals surface area contributed by atoms with Gasteiger partial charge < -0.3 is 10.6 Å². The molecule has 2 N–H and O–H groups in total. The van der Waals surface area contributed by atoms with Crippen molar-refractivity contribution >= 4 is 42.1 Å². The molecule has 4 rings (SSSR count). The molecule has 0 atom stereocenters. The fourth-order valence-corrected chi connectivity index (χ4v) is 3.19. The normalized spacial score (nSPS) is 15.8. The second-order valence-corrected chi connectivity index (χ2v) is 6.16. The van der Waals surface area contributed by atoms with Crippen LogP contribution in [0.1, 0.15) is 46.8 Å². The van der Waals surface area contributed by atoms with E-state index in [0.29, 0.717) is 11.6 Å². The topological polar surface area (TPSA) is 59.2 Å². The van der Waals surface area contributed by atoms with Crippen molar-refractivity contribution in [1.29, 1.82) is 0 Å². The van der Waals surface area contributed by atoms with Gasteiger partial charge in [0.2, 0.25) is 0 Å². The largest absolute Gasteiger partial charge is 0.398 e. The monoisotopic (exact) mass is 365 g/mol. The third kappa shape index (κ3) is 3.35. The first-order valence-electron chi connectivity index (χ1n) is 7.89. The number of nitrogens with two attached hydrogens (primary N) is 1. The summed E-state index contributed by atoms with van der Waals surface area (Å²) in [4.78, 5) is 19.0. The summed E-state index contributed by atoms with van der Waals surface area (Å²) in [6, 6.07) is 9.68. The summed E-state index contributed by atoms with van der Waals surface area (Å²) in [7, 11) is 0. The van der Waals surface area contributed by atoms with E-state index in [2.05, 4.69) is 4.98 Å². The van der Waals surface area contributed by atoms with Crippen LogP contribution in [0, 0.1) is 0 Å². The number of pyridine rings is 1. The number of amides is 1. The van der Waals surface area contributed by atoms with Gasteiger partial charge in [-0.3, -0.25) is 9.78 Å². The summed E-state index contributed by atoms with van der Waals surface area (Å²) >= 11 is 0. The van der Waals surface area contributed by atoms with Crippen molar-refractivity contribution < 1.29 is 4.79 Å². The number of anilines is 2. The van der Waals surface area contributed by atoms with E-state index in [1.54, 1.807) is 0 Å².